The van der Waals surface area contributed by atoms with Crippen LogP contribution in [0, 0.1) is 13.8 Å². The van der Waals surface area contributed by atoms with Gasteiger partial charge in [-0.25, -0.2) is 0 Å². The van der Waals surface area contributed by atoms with Crippen LogP contribution in [0.4, 0.5) is 0 Å². The third-order valence-corrected chi connectivity index (χ3v) is 6.03. The smallest absolute Gasteiger partial charge is 0.254 e. The van der Waals surface area contributed by atoms with Crippen molar-refractivity contribution in [3.63, 3.8) is 0 Å². The van der Waals surface area contributed by atoms with Gasteiger partial charge in [0.1, 0.15) is 18.1 Å². The molecule has 2 saturated heterocycles. The molecule has 0 saturated carbocycles. The van der Waals surface area contributed by atoms with Crippen molar-refractivity contribution < 1.29 is 23.6 Å². The van der Waals surface area contributed by atoms with Crippen molar-refractivity contribution in [2.45, 2.75) is 20.5 Å². The minimum Gasteiger partial charge on any atom is -0.489 e. The third-order valence-electron chi connectivity index (χ3n) is 6.03. The average molecular weight is 443 g/mol. The van der Waals surface area contributed by atoms with E-state index >= 15 is 0 Å². The van der Waals surface area contributed by atoms with Gasteiger partial charge in [0.25, 0.3) is 5.91 Å². The van der Waals surface area contributed by atoms with Crippen LogP contribution in [-0.4, -0.2) is 90.7 Å². The Labute approximate surface area is 187 Å². The third kappa shape index (κ3) is 5.28. The van der Waals surface area contributed by atoms with E-state index in [1.807, 2.05) is 35.8 Å². The number of aryl methyl sites for hydroxylation is 2. The number of carbonyl (C=O) groups is 2. The van der Waals surface area contributed by atoms with Gasteiger partial charge in [-0.05, 0) is 32.0 Å². The van der Waals surface area contributed by atoms with Crippen LogP contribution in [0.5, 0.6) is 5.75 Å². The SMILES string of the molecule is Cc1noc(C)c1COc1cccc(C(=O)N2CCN(CC(=O)N3CCOCC3)CC2)c1. The Morgan fingerprint density at radius 1 is 1.03 bits per heavy atom. The summed E-state index contributed by atoms with van der Waals surface area (Å²) in [6, 6.07) is 7.24. The molecule has 0 bridgehead atoms. The van der Waals surface area contributed by atoms with E-state index in [1.165, 1.54) is 0 Å². The Morgan fingerprint density at radius 2 is 1.78 bits per heavy atom. The molecule has 32 heavy (non-hydrogen) atoms. The number of carbonyl (C=O) groups excluding carboxylic acids is 2. The van der Waals surface area contributed by atoms with Gasteiger partial charge in [-0.1, -0.05) is 11.2 Å². The molecule has 3 heterocycles. The zero-order valence-electron chi connectivity index (χ0n) is 18.7. The molecule has 2 amide bonds. The number of hydrogen-bond donors (Lipinski definition) is 0. The molecule has 0 atom stereocenters. The summed E-state index contributed by atoms with van der Waals surface area (Å²) in [4.78, 5) is 31.3. The minimum atomic E-state index is -0.0213. The van der Waals surface area contributed by atoms with Gasteiger partial charge >= 0.3 is 0 Å². The maximum absolute atomic E-state index is 13.0. The monoisotopic (exact) mass is 442 g/mol. The summed E-state index contributed by atoms with van der Waals surface area (Å²) < 4.78 is 16.4. The molecule has 2 aliphatic heterocycles. The summed E-state index contributed by atoms with van der Waals surface area (Å²) in [5.74, 6) is 1.48. The highest BCUT2D eigenvalue weighted by atomic mass is 16.5. The Morgan fingerprint density at radius 3 is 2.47 bits per heavy atom. The van der Waals surface area contributed by atoms with Gasteiger partial charge < -0.3 is 23.8 Å². The number of nitrogens with zero attached hydrogens (tertiary/aromatic N) is 4. The fourth-order valence-corrected chi connectivity index (χ4v) is 3.98. The molecule has 2 aromatic rings. The molecule has 172 valence electrons. The highest BCUT2D eigenvalue weighted by Gasteiger charge is 2.25. The van der Waals surface area contributed by atoms with Crippen LogP contribution in [0.25, 0.3) is 0 Å². The first-order valence-corrected chi connectivity index (χ1v) is 11.0. The van der Waals surface area contributed by atoms with Gasteiger partial charge in [0.15, 0.2) is 0 Å². The number of aromatic nitrogens is 1. The summed E-state index contributed by atoms with van der Waals surface area (Å²) in [5, 5.41) is 3.94. The topological polar surface area (TPSA) is 88.4 Å². The van der Waals surface area contributed by atoms with Gasteiger partial charge in [-0.2, -0.15) is 0 Å². The lowest BCUT2D eigenvalue weighted by molar-refractivity contribution is -0.136. The second-order valence-corrected chi connectivity index (χ2v) is 8.18. The maximum Gasteiger partial charge on any atom is 0.254 e. The molecule has 9 heteroatoms. The highest BCUT2D eigenvalue weighted by Crippen LogP contribution is 2.20. The van der Waals surface area contributed by atoms with Crippen LogP contribution >= 0.6 is 0 Å². The van der Waals surface area contributed by atoms with Crippen LogP contribution in [0.3, 0.4) is 0 Å². The number of ether oxygens (including phenoxy) is 2. The molecule has 2 fully saturated rings. The standard InChI is InChI=1S/C23H30N4O5/c1-17-21(18(2)32-24-17)16-31-20-5-3-4-19(14-20)23(29)27-8-6-25(7-9-27)15-22(28)26-10-12-30-13-11-26/h3-5,14H,6-13,15-16H2,1-2H3. The lowest BCUT2D eigenvalue weighted by Crippen LogP contribution is -2.52. The van der Waals surface area contributed by atoms with E-state index in [1.54, 1.807) is 12.1 Å². The van der Waals surface area contributed by atoms with Crippen molar-refractivity contribution in [2.24, 2.45) is 0 Å². The zero-order valence-corrected chi connectivity index (χ0v) is 18.7. The summed E-state index contributed by atoms with van der Waals surface area (Å²) in [5.41, 5.74) is 2.32. The molecular formula is C23H30N4O5. The maximum atomic E-state index is 13.0. The second-order valence-electron chi connectivity index (χ2n) is 8.18. The first kappa shape index (κ1) is 22.3. The number of hydrogen-bond acceptors (Lipinski definition) is 7. The van der Waals surface area contributed by atoms with Crippen molar-refractivity contribution in [2.75, 3.05) is 59.0 Å². The first-order chi connectivity index (χ1) is 15.5. The zero-order chi connectivity index (χ0) is 22.5. The Kier molecular flexibility index (Phi) is 7.06. The van der Waals surface area contributed by atoms with Crippen LogP contribution in [0.15, 0.2) is 28.8 Å². The fraction of sp³-hybridized carbons (Fsp3) is 0.522. The van der Waals surface area contributed by atoms with Crippen molar-refractivity contribution in [1.29, 1.82) is 0 Å². The molecule has 0 radical (unpaired) electrons. The highest BCUT2D eigenvalue weighted by molar-refractivity contribution is 5.94. The van der Waals surface area contributed by atoms with Crippen molar-refractivity contribution >= 4 is 11.8 Å². The van der Waals surface area contributed by atoms with Crippen LogP contribution in [0.2, 0.25) is 0 Å². The van der Waals surface area contributed by atoms with Crippen LogP contribution in [-0.2, 0) is 16.1 Å². The van der Waals surface area contributed by atoms with Crippen molar-refractivity contribution in [1.82, 2.24) is 19.9 Å². The molecular weight excluding hydrogens is 412 g/mol. The number of morpholine rings is 1. The molecule has 9 nitrogen and oxygen atoms in total. The molecule has 4 rings (SSSR count). The van der Waals surface area contributed by atoms with E-state index in [9.17, 15) is 9.59 Å². The molecule has 0 spiro atoms. The number of benzene rings is 1. The lowest BCUT2D eigenvalue weighted by Gasteiger charge is -2.36. The summed E-state index contributed by atoms with van der Waals surface area (Å²) in [7, 11) is 0. The minimum absolute atomic E-state index is 0.0213. The van der Waals surface area contributed by atoms with Crippen molar-refractivity contribution in [3.05, 3.63) is 46.8 Å². The molecule has 0 unspecified atom stereocenters. The second kappa shape index (κ2) is 10.1. The van der Waals surface area contributed by atoms with Crippen LogP contribution < -0.4 is 4.74 Å². The van der Waals surface area contributed by atoms with Gasteiger partial charge in [0.05, 0.1) is 31.0 Å². The van der Waals surface area contributed by atoms with Gasteiger partial charge in [-0.15, -0.1) is 0 Å². The molecule has 0 aliphatic carbocycles. The Bertz CT molecular complexity index is 926. The van der Waals surface area contributed by atoms with Gasteiger partial charge in [-0.3, -0.25) is 14.5 Å². The predicted octanol–water partition coefficient (Wildman–Crippen LogP) is 1.49. The number of rotatable bonds is 6. The Balaban J connectivity index is 1.28. The summed E-state index contributed by atoms with van der Waals surface area (Å²) in [6.07, 6.45) is 0. The summed E-state index contributed by atoms with van der Waals surface area (Å²) >= 11 is 0. The normalized spacial score (nSPS) is 17.4. The first-order valence-electron chi connectivity index (χ1n) is 11.0. The van der Waals surface area contributed by atoms with Gasteiger partial charge in [0, 0.05) is 44.8 Å². The molecule has 1 aromatic heterocycles. The van der Waals surface area contributed by atoms with E-state index in [0.29, 0.717) is 76.9 Å². The lowest BCUT2D eigenvalue weighted by atomic mass is 10.1. The number of piperazine rings is 1. The largest absolute Gasteiger partial charge is 0.489 e. The average Bonchev–Trinajstić information content (AvgIpc) is 3.15. The Hall–Kier alpha value is -2.91. The summed E-state index contributed by atoms with van der Waals surface area (Å²) in [6.45, 7) is 9.56. The molecule has 0 N–H and O–H groups in total. The quantitative estimate of drug-likeness (QED) is 0.670. The van der Waals surface area contributed by atoms with Gasteiger partial charge in [0.2, 0.25) is 5.91 Å². The van der Waals surface area contributed by atoms with E-state index < -0.39 is 0 Å². The van der Waals surface area contributed by atoms with E-state index in [4.69, 9.17) is 14.0 Å². The molecule has 2 aliphatic rings. The number of amides is 2. The van der Waals surface area contributed by atoms with E-state index in [-0.39, 0.29) is 11.8 Å². The van der Waals surface area contributed by atoms with E-state index in [2.05, 4.69) is 10.1 Å². The van der Waals surface area contributed by atoms with Crippen LogP contribution in [0.1, 0.15) is 27.4 Å². The van der Waals surface area contributed by atoms with Crippen molar-refractivity contribution in [3.8, 4) is 5.75 Å². The van der Waals surface area contributed by atoms with E-state index in [0.717, 1.165) is 17.0 Å². The molecule has 1 aromatic carbocycles. The fourth-order valence-electron chi connectivity index (χ4n) is 3.98. The predicted molar refractivity (Wildman–Crippen MR) is 116 cm³/mol.